The maximum absolute atomic E-state index is 12.1. The Kier molecular flexibility index (Phi) is 4.71. The molecule has 1 aromatic carbocycles. The summed E-state index contributed by atoms with van der Waals surface area (Å²) in [4.78, 5) is 14.5. The minimum Gasteiger partial charge on any atom is -0.352 e. The van der Waals surface area contributed by atoms with Crippen LogP contribution in [0.2, 0.25) is 0 Å². The van der Waals surface area contributed by atoms with Crippen molar-refractivity contribution in [2.75, 3.05) is 13.1 Å². The summed E-state index contributed by atoms with van der Waals surface area (Å²) in [5, 5.41) is 10.8. The second kappa shape index (κ2) is 6.91. The molecule has 1 fully saturated rings. The molecule has 6 nitrogen and oxygen atoms in total. The van der Waals surface area contributed by atoms with Crippen molar-refractivity contribution in [3.05, 3.63) is 47.3 Å². The second-order valence-corrected chi connectivity index (χ2v) is 6.30. The third-order valence-corrected chi connectivity index (χ3v) is 4.31. The number of carbonyl (C=O) groups is 1. The van der Waals surface area contributed by atoms with E-state index in [1.54, 1.807) is 17.9 Å². The van der Waals surface area contributed by atoms with Gasteiger partial charge in [0.05, 0.1) is 18.3 Å². The van der Waals surface area contributed by atoms with E-state index in [1.807, 2.05) is 0 Å². The Morgan fingerprint density at radius 1 is 1.35 bits per heavy atom. The SMILES string of the molecule is Cc1ccc(CN2CCC(NC(=O)Cc3cnnn3C)C2)cc1. The number of carbonyl (C=O) groups excluding carboxylic acids is 1. The van der Waals surface area contributed by atoms with Gasteiger partial charge in [0.15, 0.2) is 0 Å². The minimum atomic E-state index is 0.0394. The highest BCUT2D eigenvalue weighted by Gasteiger charge is 2.24. The molecule has 0 spiro atoms. The van der Waals surface area contributed by atoms with E-state index in [9.17, 15) is 4.79 Å². The molecule has 6 heteroatoms. The summed E-state index contributed by atoms with van der Waals surface area (Å²) in [7, 11) is 1.80. The van der Waals surface area contributed by atoms with Crippen molar-refractivity contribution in [2.24, 2.45) is 7.05 Å². The van der Waals surface area contributed by atoms with Crippen LogP contribution in [-0.4, -0.2) is 44.9 Å². The van der Waals surface area contributed by atoms with Crippen LogP contribution in [0.1, 0.15) is 23.2 Å². The largest absolute Gasteiger partial charge is 0.352 e. The molecular weight excluding hydrogens is 290 g/mol. The number of rotatable bonds is 5. The monoisotopic (exact) mass is 313 g/mol. The molecule has 0 aliphatic carbocycles. The predicted octanol–water partition coefficient (Wildman–Crippen LogP) is 1.06. The Labute approximate surface area is 136 Å². The molecule has 1 saturated heterocycles. The Bertz CT molecular complexity index is 664. The molecule has 1 aliphatic rings. The van der Waals surface area contributed by atoms with Crippen molar-refractivity contribution < 1.29 is 4.79 Å². The summed E-state index contributed by atoms with van der Waals surface area (Å²) in [6, 6.07) is 8.88. The molecule has 1 atom stereocenters. The van der Waals surface area contributed by atoms with Gasteiger partial charge in [0.2, 0.25) is 5.91 Å². The van der Waals surface area contributed by atoms with E-state index in [1.165, 1.54) is 11.1 Å². The molecule has 0 bridgehead atoms. The highest BCUT2D eigenvalue weighted by Crippen LogP contribution is 2.14. The first-order valence-corrected chi connectivity index (χ1v) is 8.01. The van der Waals surface area contributed by atoms with Crippen molar-refractivity contribution in [1.82, 2.24) is 25.2 Å². The molecule has 0 saturated carbocycles. The Morgan fingerprint density at radius 3 is 2.83 bits per heavy atom. The molecule has 1 aromatic heterocycles. The van der Waals surface area contributed by atoms with Gasteiger partial charge in [0.25, 0.3) is 0 Å². The van der Waals surface area contributed by atoms with Crippen LogP contribution in [0.5, 0.6) is 0 Å². The average molecular weight is 313 g/mol. The molecule has 1 N–H and O–H groups in total. The van der Waals surface area contributed by atoms with Gasteiger partial charge in [-0.25, -0.2) is 0 Å². The predicted molar refractivity (Wildman–Crippen MR) is 87.7 cm³/mol. The number of nitrogens with one attached hydrogen (secondary N) is 1. The van der Waals surface area contributed by atoms with Gasteiger partial charge in [0, 0.05) is 32.7 Å². The number of hydrogen-bond donors (Lipinski definition) is 1. The van der Waals surface area contributed by atoms with Crippen molar-refractivity contribution in [3.8, 4) is 0 Å². The van der Waals surface area contributed by atoms with Gasteiger partial charge in [-0.3, -0.25) is 14.4 Å². The summed E-state index contributed by atoms with van der Waals surface area (Å²) >= 11 is 0. The summed E-state index contributed by atoms with van der Waals surface area (Å²) in [5.74, 6) is 0.0394. The lowest BCUT2D eigenvalue weighted by Gasteiger charge is -2.17. The number of aromatic nitrogens is 3. The molecular formula is C17H23N5O. The fourth-order valence-electron chi connectivity index (χ4n) is 2.96. The van der Waals surface area contributed by atoms with E-state index in [2.05, 4.69) is 51.7 Å². The van der Waals surface area contributed by atoms with Gasteiger partial charge in [0.1, 0.15) is 0 Å². The van der Waals surface area contributed by atoms with E-state index < -0.39 is 0 Å². The van der Waals surface area contributed by atoms with Crippen molar-refractivity contribution in [2.45, 2.75) is 32.4 Å². The van der Waals surface area contributed by atoms with E-state index >= 15 is 0 Å². The Morgan fingerprint density at radius 2 is 2.13 bits per heavy atom. The third kappa shape index (κ3) is 4.16. The number of likely N-dealkylation sites (tertiary alicyclic amines) is 1. The van der Waals surface area contributed by atoms with Gasteiger partial charge in [-0.1, -0.05) is 35.0 Å². The molecule has 122 valence electrons. The van der Waals surface area contributed by atoms with Crippen LogP contribution in [0.15, 0.2) is 30.5 Å². The van der Waals surface area contributed by atoms with E-state index in [-0.39, 0.29) is 11.9 Å². The average Bonchev–Trinajstić information content (AvgIpc) is 3.11. The second-order valence-electron chi connectivity index (χ2n) is 6.30. The van der Waals surface area contributed by atoms with Gasteiger partial charge < -0.3 is 5.32 Å². The summed E-state index contributed by atoms with van der Waals surface area (Å²) in [6.07, 6.45) is 2.97. The first-order valence-electron chi connectivity index (χ1n) is 8.01. The minimum absolute atomic E-state index is 0.0394. The molecule has 23 heavy (non-hydrogen) atoms. The fourth-order valence-corrected chi connectivity index (χ4v) is 2.96. The standard InChI is InChI=1S/C17H23N5O/c1-13-3-5-14(6-4-13)11-22-8-7-15(12-22)19-17(23)9-16-10-18-20-21(16)2/h3-6,10,15H,7-9,11-12H2,1-2H3,(H,19,23). The van der Waals surface area contributed by atoms with Crippen LogP contribution in [0.4, 0.5) is 0 Å². The van der Waals surface area contributed by atoms with Crippen molar-refractivity contribution >= 4 is 5.91 Å². The normalized spacial score (nSPS) is 18.3. The van der Waals surface area contributed by atoms with Crippen LogP contribution < -0.4 is 5.32 Å². The summed E-state index contributed by atoms with van der Waals surface area (Å²) < 4.78 is 1.64. The lowest BCUT2D eigenvalue weighted by Crippen LogP contribution is -2.38. The van der Waals surface area contributed by atoms with Crippen LogP contribution in [0.25, 0.3) is 0 Å². The van der Waals surface area contributed by atoms with E-state index in [4.69, 9.17) is 0 Å². The first kappa shape index (κ1) is 15.7. The van der Waals surface area contributed by atoms with Gasteiger partial charge in [-0.2, -0.15) is 0 Å². The Hall–Kier alpha value is -2.21. The van der Waals surface area contributed by atoms with Crippen LogP contribution >= 0.6 is 0 Å². The number of hydrogen-bond acceptors (Lipinski definition) is 4. The lowest BCUT2D eigenvalue weighted by atomic mass is 10.1. The number of benzene rings is 1. The zero-order valence-electron chi connectivity index (χ0n) is 13.7. The molecule has 1 aliphatic heterocycles. The van der Waals surface area contributed by atoms with Crippen molar-refractivity contribution in [1.29, 1.82) is 0 Å². The van der Waals surface area contributed by atoms with Crippen LogP contribution in [-0.2, 0) is 24.8 Å². The highest BCUT2D eigenvalue weighted by atomic mass is 16.1. The quantitative estimate of drug-likeness (QED) is 0.896. The molecule has 3 rings (SSSR count). The zero-order chi connectivity index (χ0) is 16.2. The van der Waals surface area contributed by atoms with Crippen molar-refractivity contribution in [3.63, 3.8) is 0 Å². The van der Waals surface area contributed by atoms with Gasteiger partial charge in [-0.15, -0.1) is 5.10 Å². The van der Waals surface area contributed by atoms with Crippen LogP contribution in [0.3, 0.4) is 0 Å². The van der Waals surface area contributed by atoms with Gasteiger partial charge in [-0.05, 0) is 18.9 Å². The number of amides is 1. The third-order valence-electron chi connectivity index (χ3n) is 4.31. The first-order chi connectivity index (χ1) is 11.1. The molecule has 1 amide bonds. The van der Waals surface area contributed by atoms with E-state index in [0.29, 0.717) is 6.42 Å². The Balaban J connectivity index is 1.47. The lowest BCUT2D eigenvalue weighted by molar-refractivity contribution is -0.121. The van der Waals surface area contributed by atoms with Gasteiger partial charge >= 0.3 is 0 Å². The maximum atomic E-state index is 12.1. The topological polar surface area (TPSA) is 63.1 Å². The maximum Gasteiger partial charge on any atom is 0.226 e. The number of aryl methyl sites for hydroxylation is 2. The molecule has 2 heterocycles. The molecule has 0 radical (unpaired) electrons. The zero-order valence-corrected chi connectivity index (χ0v) is 13.7. The smallest absolute Gasteiger partial charge is 0.226 e. The summed E-state index contributed by atoms with van der Waals surface area (Å²) in [5.41, 5.74) is 3.44. The van der Waals surface area contributed by atoms with E-state index in [0.717, 1.165) is 31.7 Å². The molecule has 2 aromatic rings. The van der Waals surface area contributed by atoms with Crippen LogP contribution in [0, 0.1) is 6.92 Å². The highest BCUT2D eigenvalue weighted by molar-refractivity contribution is 5.78. The summed E-state index contributed by atoms with van der Waals surface area (Å²) in [6.45, 7) is 4.97. The fraction of sp³-hybridized carbons (Fsp3) is 0.471. The number of nitrogens with zero attached hydrogens (tertiary/aromatic N) is 4. The molecule has 1 unspecified atom stereocenters.